The Morgan fingerprint density at radius 2 is 1.79 bits per heavy atom. The molecule has 0 saturated carbocycles. The fourth-order valence-electron chi connectivity index (χ4n) is 3.00. The monoisotopic (exact) mass is 324 g/mol. The lowest BCUT2D eigenvalue weighted by atomic mass is 10.2. The SMILES string of the molecule is COC(=O)Cn1c(-c2ccc(N(C)C)cc2)[n+](C)c2ccccc21. The summed E-state index contributed by atoms with van der Waals surface area (Å²) in [4.78, 5) is 14.0. The fraction of sp³-hybridized carbons (Fsp3) is 0.263. The molecular weight excluding hydrogens is 302 g/mol. The van der Waals surface area contributed by atoms with E-state index in [0.717, 1.165) is 28.1 Å². The van der Waals surface area contributed by atoms with Crippen molar-refractivity contribution in [1.29, 1.82) is 0 Å². The smallest absolute Gasteiger partial charge is 0.348 e. The number of imidazole rings is 1. The van der Waals surface area contributed by atoms with Crippen LogP contribution >= 0.6 is 0 Å². The lowest BCUT2D eigenvalue weighted by Crippen LogP contribution is -2.30. The number of aryl methyl sites for hydroxylation is 1. The second-order valence-corrected chi connectivity index (χ2v) is 5.97. The summed E-state index contributed by atoms with van der Waals surface area (Å²) in [6.07, 6.45) is 0. The molecule has 2 aromatic carbocycles. The van der Waals surface area contributed by atoms with Gasteiger partial charge in [0.2, 0.25) is 0 Å². The molecular formula is C19H22N3O2+. The third-order valence-corrected chi connectivity index (χ3v) is 4.26. The molecule has 124 valence electrons. The molecule has 5 nitrogen and oxygen atoms in total. The Kier molecular flexibility index (Phi) is 4.25. The number of aromatic nitrogens is 2. The third-order valence-electron chi connectivity index (χ3n) is 4.26. The maximum absolute atomic E-state index is 11.9. The summed E-state index contributed by atoms with van der Waals surface area (Å²) in [7, 11) is 7.47. The first-order valence-electron chi connectivity index (χ1n) is 7.84. The van der Waals surface area contributed by atoms with Crippen molar-refractivity contribution in [2.75, 3.05) is 26.1 Å². The summed E-state index contributed by atoms with van der Waals surface area (Å²) in [5.74, 6) is 0.717. The number of hydrogen-bond acceptors (Lipinski definition) is 3. The Morgan fingerprint density at radius 3 is 2.42 bits per heavy atom. The number of rotatable bonds is 4. The van der Waals surface area contributed by atoms with E-state index in [-0.39, 0.29) is 12.5 Å². The van der Waals surface area contributed by atoms with E-state index >= 15 is 0 Å². The highest BCUT2D eigenvalue weighted by atomic mass is 16.5. The van der Waals surface area contributed by atoms with E-state index < -0.39 is 0 Å². The predicted molar refractivity (Wildman–Crippen MR) is 94.9 cm³/mol. The molecule has 0 atom stereocenters. The average Bonchev–Trinajstić information content (AvgIpc) is 2.87. The van der Waals surface area contributed by atoms with Crippen molar-refractivity contribution in [3.63, 3.8) is 0 Å². The van der Waals surface area contributed by atoms with Gasteiger partial charge in [-0.2, -0.15) is 0 Å². The van der Waals surface area contributed by atoms with Crippen LogP contribution in [-0.2, 0) is 23.1 Å². The van der Waals surface area contributed by atoms with Gasteiger partial charge in [0, 0.05) is 19.8 Å². The number of nitrogens with zero attached hydrogens (tertiary/aromatic N) is 3. The minimum Gasteiger partial charge on any atom is -0.466 e. The Hall–Kier alpha value is -2.82. The van der Waals surface area contributed by atoms with Crippen molar-refractivity contribution < 1.29 is 14.1 Å². The molecule has 0 radical (unpaired) electrons. The quantitative estimate of drug-likeness (QED) is 0.546. The first kappa shape index (κ1) is 16.1. The Morgan fingerprint density at radius 1 is 1.12 bits per heavy atom. The van der Waals surface area contributed by atoms with Gasteiger partial charge >= 0.3 is 5.97 Å². The van der Waals surface area contributed by atoms with Gasteiger partial charge in [-0.15, -0.1) is 0 Å². The largest absolute Gasteiger partial charge is 0.466 e. The molecule has 3 rings (SSSR count). The van der Waals surface area contributed by atoms with Crippen LogP contribution in [0, 0.1) is 0 Å². The van der Waals surface area contributed by atoms with Crippen molar-refractivity contribution >= 4 is 22.7 Å². The molecule has 0 N–H and O–H groups in total. The van der Waals surface area contributed by atoms with Gasteiger partial charge in [0.25, 0.3) is 5.82 Å². The maximum Gasteiger partial charge on any atom is 0.348 e. The van der Waals surface area contributed by atoms with Gasteiger partial charge in [0.15, 0.2) is 17.6 Å². The zero-order valence-corrected chi connectivity index (χ0v) is 14.5. The second kappa shape index (κ2) is 6.35. The molecule has 0 unspecified atom stereocenters. The molecule has 0 fully saturated rings. The van der Waals surface area contributed by atoms with Gasteiger partial charge in [-0.05, 0) is 36.4 Å². The third kappa shape index (κ3) is 2.73. The number of carbonyl (C=O) groups is 1. The van der Waals surface area contributed by atoms with E-state index in [0.29, 0.717) is 0 Å². The van der Waals surface area contributed by atoms with Crippen molar-refractivity contribution in [2.45, 2.75) is 6.54 Å². The summed E-state index contributed by atoms with van der Waals surface area (Å²) in [6, 6.07) is 16.4. The number of para-hydroxylation sites is 2. The Bertz CT molecular complexity index is 880. The molecule has 0 spiro atoms. The van der Waals surface area contributed by atoms with Gasteiger partial charge in [0.1, 0.15) is 0 Å². The highest BCUT2D eigenvalue weighted by Gasteiger charge is 2.25. The summed E-state index contributed by atoms with van der Waals surface area (Å²) < 4.78 is 9.00. The first-order valence-corrected chi connectivity index (χ1v) is 7.84. The number of hydrogen-bond donors (Lipinski definition) is 0. The molecule has 0 amide bonds. The summed E-state index contributed by atoms with van der Waals surface area (Å²) >= 11 is 0. The molecule has 0 saturated heterocycles. The molecule has 3 aromatic rings. The van der Waals surface area contributed by atoms with Crippen molar-refractivity contribution in [3.05, 3.63) is 48.5 Å². The van der Waals surface area contributed by atoms with E-state index in [4.69, 9.17) is 4.74 Å². The number of fused-ring (bicyclic) bond motifs is 1. The molecule has 0 aliphatic carbocycles. The van der Waals surface area contributed by atoms with Crippen LogP contribution in [0.2, 0.25) is 0 Å². The van der Waals surface area contributed by atoms with Crippen molar-refractivity contribution in [1.82, 2.24) is 4.57 Å². The van der Waals surface area contributed by atoms with Crippen LogP contribution in [0.25, 0.3) is 22.4 Å². The van der Waals surface area contributed by atoms with Gasteiger partial charge in [-0.3, -0.25) is 0 Å². The van der Waals surface area contributed by atoms with Crippen LogP contribution in [0.5, 0.6) is 0 Å². The number of esters is 1. The first-order chi connectivity index (χ1) is 11.5. The predicted octanol–water partition coefficient (Wildman–Crippen LogP) is 2.37. The Labute approximate surface area is 141 Å². The zero-order valence-electron chi connectivity index (χ0n) is 14.5. The van der Waals surface area contributed by atoms with Gasteiger partial charge < -0.3 is 9.64 Å². The molecule has 1 aromatic heterocycles. The van der Waals surface area contributed by atoms with Crippen LogP contribution in [0.1, 0.15) is 0 Å². The Balaban J connectivity index is 2.20. The molecule has 5 heteroatoms. The summed E-state index contributed by atoms with van der Waals surface area (Å²) in [6.45, 7) is 0.183. The lowest BCUT2D eigenvalue weighted by molar-refractivity contribution is -0.634. The van der Waals surface area contributed by atoms with Crippen molar-refractivity contribution in [3.8, 4) is 11.4 Å². The normalized spacial score (nSPS) is 10.8. The summed E-state index contributed by atoms with van der Waals surface area (Å²) in [5.41, 5.74) is 4.28. The van der Waals surface area contributed by atoms with E-state index in [1.807, 2.05) is 43.9 Å². The van der Waals surface area contributed by atoms with E-state index in [9.17, 15) is 4.79 Å². The lowest BCUT2D eigenvalue weighted by Gasteiger charge is -2.12. The second-order valence-electron chi connectivity index (χ2n) is 5.97. The van der Waals surface area contributed by atoms with Crippen molar-refractivity contribution in [2.24, 2.45) is 7.05 Å². The van der Waals surface area contributed by atoms with Crippen LogP contribution in [0.3, 0.4) is 0 Å². The minimum absolute atomic E-state index is 0.183. The highest BCUT2D eigenvalue weighted by molar-refractivity contribution is 5.79. The number of anilines is 1. The van der Waals surface area contributed by atoms with Crippen LogP contribution in [-0.4, -0.2) is 31.7 Å². The zero-order chi connectivity index (χ0) is 17.3. The number of ether oxygens (including phenoxy) is 1. The molecule has 24 heavy (non-hydrogen) atoms. The van der Waals surface area contributed by atoms with Gasteiger partial charge in [0.05, 0.1) is 19.7 Å². The minimum atomic E-state index is -0.262. The maximum atomic E-state index is 11.9. The topological polar surface area (TPSA) is 38.4 Å². The van der Waals surface area contributed by atoms with E-state index in [1.54, 1.807) is 0 Å². The molecule has 1 heterocycles. The standard InChI is InChI=1S/C19H22N3O2/c1-20(2)15-11-9-14(10-12-15)19-21(3)16-7-5-6-8-17(16)22(19)13-18(23)24-4/h5-12H,13H2,1-4H3/q+1. The molecule has 0 bridgehead atoms. The highest BCUT2D eigenvalue weighted by Crippen LogP contribution is 2.25. The van der Waals surface area contributed by atoms with E-state index in [2.05, 4.69) is 39.8 Å². The molecule has 0 aliphatic rings. The number of benzene rings is 2. The number of methoxy groups -OCH3 is 1. The van der Waals surface area contributed by atoms with Gasteiger partial charge in [-0.25, -0.2) is 13.9 Å². The van der Waals surface area contributed by atoms with Gasteiger partial charge in [-0.1, -0.05) is 12.1 Å². The van der Waals surface area contributed by atoms with Crippen LogP contribution < -0.4 is 9.47 Å². The fourth-order valence-corrected chi connectivity index (χ4v) is 3.00. The number of carbonyl (C=O) groups excluding carboxylic acids is 1. The average molecular weight is 324 g/mol. The molecule has 0 aliphatic heterocycles. The van der Waals surface area contributed by atoms with Crippen LogP contribution in [0.15, 0.2) is 48.5 Å². The van der Waals surface area contributed by atoms with E-state index in [1.165, 1.54) is 7.11 Å². The van der Waals surface area contributed by atoms with Crippen LogP contribution in [0.4, 0.5) is 5.69 Å². The summed E-state index contributed by atoms with van der Waals surface area (Å²) in [5, 5.41) is 0.